The van der Waals surface area contributed by atoms with Crippen molar-refractivity contribution in [3.63, 3.8) is 0 Å². The molecule has 1 aromatic heterocycles. The smallest absolute Gasteiger partial charge is 0.341 e. The molecule has 28 heavy (non-hydrogen) atoms. The molecule has 2 heterocycles. The fourth-order valence-corrected chi connectivity index (χ4v) is 4.75. The molecule has 8 heteroatoms. The lowest BCUT2D eigenvalue weighted by atomic mass is 10.0. The van der Waals surface area contributed by atoms with Crippen molar-refractivity contribution in [1.82, 2.24) is 0 Å². The van der Waals surface area contributed by atoms with Crippen molar-refractivity contribution < 1.29 is 23.9 Å². The highest BCUT2D eigenvalue weighted by Gasteiger charge is 2.32. The Labute approximate surface area is 166 Å². The quantitative estimate of drug-likeness (QED) is 0.779. The summed E-state index contributed by atoms with van der Waals surface area (Å²) in [5.41, 5.74) is 3.04. The third kappa shape index (κ3) is 3.35. The first-order chi connectivity index (χ1) is 13.6. The number of amides is 1. The molecule has 0 saturated heterocycles. The van der Waals surface area contributed by atoms with Gasteiger partial charge in [0.1, 0.15) is 10.8 Å². The van der Waals surface area contributed by atoms with E-state index in [1.807, 2.05) is 24.3 Å². The minimum atomic E-state index is -0.737. The number of anilines is 1. The number of carbonyl (C=O) groups is 2. The number of thiophene rings is 1. The molecule has 0 bridgehead atoms. The Morgan fingerprint density at radius 1 is 1.21 bits per heavy atom. The number of oxime groups is 1. The topological polar surface area (TPSA) is 86.2 Å². The molecule has 1 N–H and O–H groups in total. The predicted molar refractivity (Wildman–Crippen MR) is 105 cm³/mol. The van der Waals surface area contributed by atoms with Crippen molar-refractivity contribution in [2.45, 2.75) is 31.8 Å². The lowest BCUT2D eigenvalue weighted by Gasteiger charge is -2.10. The molecule has 1 aliphatic carbocycles. The van der Waals surface area contributed by atoms with Gasteiger partial charge in [0, 0.05) is 11.3 Å². The summed E-state index contributed by atoms with van der Waals surface area (Å²) in [6.07, 6.45) is 2.39. The summed E-state index contributed by atoms with van der Waals surface area (Å²) < 4.78 is 10.1. The zero-order valence-corrected chi connectivity index (χ0v) is 16.4. The van der Waals surface area contributed by atoms with Crippen LogP contribution in [0.15, 0.2) is 29.4 Å². The molecule has 2 aliphatic rings. The molecule has 2 aromatic rings. The van der Waals surface area contributed by atoms with Gasteiger partial charge < -0.3 is 19.6 Å². The number of benzene rings is 1. The number of hydrogen-bond acceptors (Lipinski definition) is 7. The Morgan fingerprint density at radius 3 is 2.71 bits per heavy atom. The molecule has 1 aromatic carbocycles. The summed E-state index contributed by atoms with van der Waals surface area (Å²) in [5.74, 6) is 0.00759. The molecule has 0 fully saturated rings. The van der Waals surface area contributed by atoms with E-state index in [2.05, 4.69) is 10.5 Å². The Morgan fingerprint density at radius 2 is 2.00 bits per heavy atom. The van der Waals surface area contributed by atoms with Crippen LogP contribution in [-0.4, -0.2) is 37.9 Å². The normalized spacial score (nSPS) is 17.5. The SMILES string of the molecule is COC(=O)c1c(NC(=O)C2CC(c3ccc(OC)cc3)=NO2)sc2c1CCC2. The zero-order chi connectivity index (χ0) is 19.7. The van der Waals surface area contributed by atoms with Crippen LogP contribution in [0.1, 0.15) is 39.2 Å². The number of fused-ring (bicyclic) bond motifs is 1. The van der Waals surface area contributed by atoms with Crippen molar-refractivity contribution in [1.29, 1.82) is 0 Å². The van der Waals surface area contributed by atoms with Crippen LogP contribution in [0.4, 0.5) is 5.00 Å². The molecular formula is C20H20N2O5S. The van der Waals surface area contributed by atoms with Crippen LogP contribution in [0.2, 0.25) is 0 Å². The summed E-state index contributed by atoms with van der Waals surface area (Å²) in [6.45, 7) is 0. The van der Waals surface area contributed by atoms with Gasteiger partial charge in [0.15, 0.2) is 0 Å². The van der Waals surface area contributed by atoms with Gasteiger partial charge in [-0.25, -0.2) is 4.79 Å². The molecule has 146 valence electrons. The van der Waals surface area contributed by atoms with E-state index in [1.165, 1.54) is 18.4 Å². The first-order valence-electron chi connectivity index (χ1n) is 9.01. The van der Waals surface area contributed by atoms with E-state index in [4.69, 9.17) is 14.3 Å². The van der Waals surface area contributed by atoms with Gasteiger partial charge >= 0.3 is 5.97 Å². The molecule has 7 nitrogen and oxygen atoms in total. The van der Waals surface area contributed by atoms with E-state index in [-0.39, 0.29) is 5.91 Å². The summed E-state index contributed by atoms with van der Waals surface area (Å²) in [7, 11) is 2.95. The molecule has 1 amide bonds. The van der Waals surface area contributed by atoms with Gasteiger partial charge in [-0.1, -0.05) is 5.16 Å². The Bertz CT molecular complexity index is 948. The third-order valence-electron chi connectivity index (χ3n) is 4.93. The second kappa shape index (κ2) is 7.63. The molecular weight excluding hydrogens is 380 g/mol. The zero-order valence-electron chi connectivity index (χ0n) is 15.6. The van der Waals surface area contributed by atoms with Gasteiger partial charge in [-0.3, -0.25) is 4.79 Å². The molecule has 1 aliphatic heterocycles. The molecule has 0 spiro atoms. The van der Waals surface area contributed by atoms with E-state index >= 15 is 0 Å². The Balaban J connectivity index is 1.46. The summed E-state index contributed by atoms with van der Waals surface area (Å²) in [6, 6.07) is 7.42. The maximum absolute atomic E-state index is 12.7. The monoisotopic (exact) mass is 400 g/mol. The maximum Gasteiger partial charge on any atom is 0.341 e. The Hall–Kier alpha value is -2.87. The number of nitrogens with one attached hydrogen (secondary N) is 1. The van der Waals surface area contributed by atoms with Crippen molar-refractivity contribution in [2.75, 3.05) is 19.5 Å². The van der Waals surface area contributed by atoms with Crippen molar-refractivity contribution in [3.05, 3.63) is 45.8 Å². The number of rotatable bonds is 5. The van der Waals surface area contributed by atoms with Crippen molar-refractivity contribution in [2.24, 2.45) is 5.16 Å². The minimum absolute atomic E-state index is 0.322. The summed E-state index contributed by atoms with van der Waals surface area (Å²) in [4.78, 5) is 31.4. The predicted octanol–water partition coefficient (Wildman–Crippen LogP) is 3.16. The lowest BCUT2D eigenvalue weighted by Crippen LogP contribution is -2.28. The van der Waals surface area contributed by atoms with E-state index in [0.717, 1.165) is 41.0 Å². The van der Waals surface area contributed by atoms with Crippen LogP contribution in [0.5, 0.6) is 5.75 Å². The Kier molecular flexibility index (Phi) is 5.04. The van der Waals surface area contributed by atoms with Gasteiger partial charge in [0.2, 0.25) is 6.10 Å². The van der Waals surface area contributed by atoms with E-state index < -0.39 is 12.1 Å². The summed E-state index contributed by atoms with van der Waals surface area (Å²) in [5, 5.41) is 7.43. The van der Waals surface area contributed by atoms with Gasteiger partial charge in [-0.05, 0) is 54.7 Å². The second-order valence-electron chi connectivity index (χ2n) is 6.61. The number of methoxy groups -OCH3 is 2. The minimum Gasteiger partial charge on any atom is -0.497 e. The highest BCUT2D eigenvalue weighted by Crippen LogP contribution is 2.39. The van der Waals surface area contributed by atoms with Gasteiger partial charge in [0.25, 0.3) is 5.91 Å². The highest BCUT2D eigenvalue weighted by atomic mass is 32.1. The number of hydrogen-bond donors (Lipinski definition) is 1. The fourth-order valence-electron chi connectivity index (χ4n) is 3.47. The van der Waals surface area contributed by atoms with Gasteiger partial charge in [-0.15, -0.1) is 11.3 Å². The van der Waals surface area contributed by atoms with E-state index in [0.29, 0.717) is 22.7 Å². The van der Waals surface area contributed by atoms with Crippen LogP contribution >= 0.6 is 11.3 Å². The number of nitrogens with zero attached hydrogens (tertiary/aromatic N) is 1. The summed E-state index contributed by atoms with van der Waals surface area (Å²) >= 11 is 1.44. The average Bonchev–Trinajstić information content (AvgIpc) is 3.43. The first kappa shape index (κ1) is 18.5. The van der Waals surface area contributed by atoms with Crippen molar-refractivity contribution in [3.8, 4) is 5.75 Å². The largest absolute Gasteiger partial charge is 0.497 e. The van der Waals surface area contributed by atoms with Gasteiger partial charge in [0.05, 0.1) is 25.5 Å². The number of esters is 1. The lowest BCUT2D eigenvalue weighted by molar-refractivity contribution is -0.125. The van der Waals surface area contributed by atoms with Crippen LogP contribution in [0.25, 0.3) is 0 Å². The second-order valence-corrected chi connectivity index (χ2v) is 7.71. The molecule has 4 rings (SSSR count). The fraction of sp³-hybridized carbons (Fsp3) is 0.350. The van der Waals surface area contributed by atoms with Crippen LogP contribution in [-0.2, 0) is 27.2 Å². The average molecular weight is 400 g/mol. The molecule has 0 radical (unpaired) electrons. The standard InChI is InChI=1S/C20H20N2O5S/c1-25-12-8-6-11(7-9-12)14-10-15(27-22-14)18(23)21-19-17(20(24)26-2)13-4-3-5-16(13)28-19/h6-9,15H,3-5,10H2,1-2H3,(H,21,23). The van der Waals surface area contributed by atoms with Gasteiger partial charge in [-0.2, -0.15) is 0 Å². The highest BCUT2D eigenvalue weighted by molar-refractivity contribution is 7.17. The van der Waals surface area contributed by atoms with Crippen LogP contribution in [0.3, 0.4) is 0 Å². The van der Waals surface area contributed by atoms with E-state index in [9.17, 15) is 9.59 Å². The molecule has 1 unspecified atom stereocenters. The number of carbonyl (C=O) groups excluding carboxylic acids is 2. The molecule has 0 saturated carbocycles. The maximum atomic E-state index is 12.7. The number of aryl methyl sites for hydroxylation is 1. The van der Waals surface area contributed by atoms with Crippen LogP contribution in [0, 0.1) is 0 Å². The number of ether oxygens (including phenoxy) is 2. The third-order valence-corrected chi connectivity index (χ3v) is 6.14. The molecule has 1 atom stereocenters. The first-order valence-corrected chi connectivity index (χ1v) is 9.83. The van der Waals surface area contributed by atoms with E-state index in [1.54, 1.807) is 7.11 Å². The van der Waals surface area contributed by atoms with Crippen LogP contribution < -0.4 is 10.1 Å². The van der Waals surface area contributed by atoms with Crippen molar-refractivity contribution >= 4 is 33.9 Å².